The predicted octanol–water partition coefficient (Wildman–Crippen LogP) is 4.83. The summed E-state index contributed by atoms with van der Waals surface area (Å²) in [6, 6.07) is 12.3. The number of hydrogen-bond donors (Lipinski definition) is 0. The summed E-state index contributed by atoms with van der Waals surface area (Å²) in [6.45, 7) is 6.06. The van der Waals surface area contributed by atoms with E-state index in [1.807, 2.05) is 31.2 Å². The molecular weight excluding hydrogens is 426 g/mol. The molecule has 1 aliphatic rings. The fourth-order valence-electron chi connectivity index (χ4n) is 4.04. The van der Waals surface area contributed by atoms with Crippen LogP contribution in [0, 0.1) is 6.92 Å². The van der Waals surface area contributed by atoms with Crippen molar-refractivity contribution in [1.82, 2.24) is 10.2 Å². The van der Waals surface area contributed by atoms with Gasteiger partial charge in [0.1, 0.15) is 16.3 Å². The van der Waals surface area contributed by atoms with Crippen LogP contribution in [-0.4, -0.2) is 23.2 Å². The summed E-state index contributed by atoms with van der Waals surface area (Å²) in [5.74, 6) is 0.536. The van der Waals surface area contributed by atoms with Gasteiger partial charge in [-0.1, -0.05) is 49.4 Å². The fraction of sp³-hybridized carbons (Fsp3) is 0.250. The summed E-state index contributed by atoms with van der Waals surface area (Å²) >= 11 is 1.30. The molecule has 0 fully saturated rings. The number of benzene rings is 2. The monoisotopic (exact) mass is 447 g/mol. The van der Waals surface area contributed by atoms with Gasteiger partial charge in [-0.3, -0.25) is 14.5 Å². The van der Waals surface area contributed by atoms with Crippen LogP contribution in [0.2, 0.25) is 0 Å². The number of carbonyl (C=O) groups is 1. The van der Waals surface area contributed by atoms with Gasteiger partial charge in [0.05, 0.1) is 24.1 Å². The van der Waals surface area contributed by atoms with E-state index in [2.05, 4.69) is 24.0 Å². The molecule has 8 heteroatoms. The molecule has 4 aromatic rings. The van der Waals surface area contributed by atoms with Crippen molar-refractivity contribution in [1.29, 1.82) is 0 Å². The second-order valence-corrected chi connectivity index (χ2v) is 9.20. The molecule has 162 valence electrons. The fourth-order valence-corrected chi connectivity index (χ4v) is 4.75. The molecule has 32 heavy (non-hydrogen) atoms. The highest BCUT2D eigenvalue weighted by atomic mass is 32.1. The van der Waals surface area contributed by atoms with E-state index in [1.54, 1.807) is 18.2 Å². The van der Waals surface area contributed by atoms with Crippen LogP contribution in [0.1, 0.15) is 58.1 Å². The Labute approximate surface area is 188 Å². The third-order valence-corrected chi connectivity index (χ3v) is 6.56. The number of rotatable bonds is 4. The average molecular weight is 448 g/mol. The van der Waals surface area contributed by atoms with Gasteiger partial charge in [-0.25, -0.2) is 0 Å². The van der Waals surface area contributed by atoms with Crippen molar-refractivity contribution in [2.45, 2.75) is 32.7 Å². The zero-order chi connectivity index (χ0) is 22.6. The number of nitrogens with zero attached hydrogens (tertiary/aromatic N) is 3. The highest BCUT2D eigenvalue weighted by Crippen LogP contribution is 2.42. The van der Waals surface area contributed by atoms with Crippen LogP contribution in [0.3, 0.4) is 0 Å². The molecule has 0 unspecified atom stereocenters. The largest absolute Gasteiger partial charge is 0.497 e. The molecule has 0 radical (unpaired) electrons. The Morgan fingerprint density at radius 2 is 1.84 bits per heavy atom. The minimum atomic E-state index is -0.645. The smallest absolute Gasteiger partial charge is 0.297 e. The molecule has 0 saturated carbocycles. The Morgan fingerprint density at radius 1 is 1.09 bits per heavy atom. The summed E-state index contributed by atoms with van der Waals surface area (Å²) in [7, 11) is 1.54. The lowest BCUT2D eigenvalue weighted by atomic mass is 9.95. The van der Waals surface area contributed by atoms with E-state index < -0.39 is 11.9 Å². The predicted molar refractivity (Wildman–Crippen MR) is 123 cm³/mol. The quantitative estimate of drug-likeness (QED) is 0.445. The maximum atomic E-state index is 13.6. The molecule has 2 aromatic heterocycles. The third kappa shape index (κ3) is 3.10. The van der Waals surface area contributed by atoms with Crippen LogP contribution >= 0.6 is 11.3 Å². The van der Waals surface area contributed by atoms with Crippen LogP contribution in [0.25, 0.3) is 11.0 Å². The van der Waals surface area contributed by atoms with Crippen molar-refractivity contribution in [3.63, 3.8) is 0 Å². The van der Waals surface area contributed by atoms with E-state index >= 15 is 0 Å². The molecule has 3 heterocycles. The minimum absolute atomic E-state index is 0.0292. The zero-order valence-corrected chi connectivity index (χ0v) is 18.9. The Balaban J connectivity index is 1.76. The molecule has 1 aliphatic heterocycles. The molecule has 0 N–H and O–H groups in total. The van der Waals surface area contributed by atoms with Gasteiger partial charge in [0.15, 0.2) is 5.43 Å². The van der Waals surface area contributed by atoms with E-state index in [1.165, 1.54) is 28.9 Å². The van der Waals surface area contributed by atoms with Crippen LogP contribution in [-0.2, 0) is 0 Å². The summed E-state index contributed by atoms with van der Waals surface area (Å²) < 4.78 is 11.2. The van der Waals surface area contributed by atoms with Gasteiger partial charge in [-0.15, -0.1) is 10.2 Å². The van der Waals surface area contributed by atoms with Crippen molar-refractivity contribution < 1.29 is 13.9 Å². The van der Waals surface area contributed by atoms with Gasteiger partial charge < -0.3 is 9.15 Å². The number of methoxy groups -OCH3 is 1. The highest BCUT2D eigenvalue weighted by Gasteiger charge is 2.45. The van der Waals surface area contributed by atoms with Crippen molar-refractivity contribution in [2.24, 2.45) is 0 Å². The zero-order valence-electron chi connectivity index (χ0n) is 18.1. The van der Waals surface area contributed by atoms with E-state index in [4.69, 9.17) is 9.15 Å². The first-order valence-corrected chi connectivity index (χ1v) is 11.1. The summed E-state index contributed by atoms with van der Waals surface area (Å²) in [5.41, 5.74) is 2.38. The molecule has 7 nitrogen and oxygen atoms in total. The van der Waals surface area contributed by atoms with Gasteiger partial charge in [-0.2, -0.15) is 0 Å². The molecule has 0 saturated heterocycles. The van der Waals surface area contributed by atoms with E-state index in [9.17, 15) is 9.59 Å². The first-order chi connectivity index (χ1) is 15.4. The average Bonchev–Trinajstić information content (AvgIpc) is 3.34. The number of amides is 1. The van der Waals surface area contributed by atoms with Crippen LogP contribution in [0.5, 0.6) is 5.75 Å². The lowest BCUT2D eigenvalue weighted by Gasteiger charge is -2.22. The molecule has 0 spiro atoms. The number of fused-ring (bicyclic) bond motifs is 2. The van der Waals surface area contributed by atoms with Gasteiger partial charge in [0.2, 0.25) is 10.9 Å². The molecule has 1 amide bonds. The molecule has 0 bridgehead atoms. The summed E-state index contributed by atoms with van der Waals surface area (Å²) in [4.78, 5) is 28.6. The van der Waals surface area contributed by atoms with Gasteiger partial charge in [0.25, 0.3) is 5.91 Å². The standard InChI is InChI=1S/C24H21N3O4S/c1-12(2)14-5-7-15(8-6-14)20-19-21(28)17-10-9-16(30-4)11-18(17)31-22(19)23(29)27(20)24-26-25-13(3)32-24/h5-12,20H,1-4H3/t20-/m0/s1. The molecular formula is C24H21N3O4S. The summed E-state index contributed by atoms with van der Waals surface area (Å²) in [5, 5.41) is 9.82. The third-order valence-electron chi connectivity index (χ3n) is 5.72. The second kappa shape index (κ2) is 7.56. The topological polar surface area (TPSA) is 85.5 Å². The second-order valence-electron chi connectivity index (χ2n) is 8.04. The SMILES string of the molecule is COc1ccc2c(=O)c3c(oc2c1)C(=O)N(c1nnc(C)s1)[C@H]3c1ccc(C(C)C)cc1. The Hall–Kier alpha value is -3.52. The van der Waals surface area contributed by atoms with Crippen molar-refractivity contribution in [3.05, 3.63) is 80.1 Å². The first-order valence-electron chi connectivity index (χ1n) is 10.3. The number of carbonyl (C=O) groups excluding carboxylic acids is 1. The number of ether oxygens (including phenoxy) is 1. The minimum Gasteiger partial charge on any atom is -0.497 e. The van der Waals surface area contributed by atoms with Crippen molar-refractivity contribution in [2.75, 3.05) is 12.0 Å². The van der Waals surface area contributed by atoms with Gasteiger partial charge in [-0.05, 0) is 36.1 Å². The molecule has 2 aromatic carbocycles. The summed E-state index contributed by atoms with van der Waals surface area (Å²) in [6.07, 6.45) is 0. The Bertz CT molecular complexity index is 1410. The van der Waals surface area contributed by atoms with Crippen molar-refractivity contribution in [3.8, 4) is 5.75 Å². The number of hydrogen-bond acceptors (Lipinski definition) is 7. The van der Waals surface area contributed by atoms with Gasteiger partial charge in [0, 0.05) is 6.07 Å². The van der Waals surface area contributed by atoms with Crippen LogP contribution < -0.4 is 15.1 Å². The van der Waals surface area contributed by atoms with Gasteiger partial charge >= 0.3 is 0 Å². The number of aromatic nitrogens is 2. The van der Waals surface area contributed by atoms with E-state index in [-0.39, 0.29) is 11.2 Å². The Morgan fingerprint density at radius 3 is 2.47 bits per heavy atom. The maximum absolute atomic E-state index is 13.6. The van der Waals surface area contributed by atoms with E-state index in [0.717, 1.165) is 10.6 Å². The van der Waals surface area contributed by atoms with E-state index in [0.29, 0.717) is 33.3 Å². The molecule has 5 rings (SSSR count). The Kier molecular flexibility index (Phi) is 4.82. The molecule has 0 aliphatic carbocycles. The normalized spacial score (nSPS) is 15.6. The van der Waals surface area contributed by atoms with Crippen LogP contribution in [0.15, 0.2) is 51.7 Å². The highest BCUT2D eigenvalue weighted by molar-refractivity contribution is 7.15. The number of aryl methyl sites for hydroxylation is 1. The molecule has 1 atom stereocenters. The number of anilines is 1. The first kappa shape index (κ1) is 20.4. The lowest BCUT2D eigenvalue weighted by molar-refractivity contribution is 0.0970. The lowest BCUT2D eigenvalue weighted by Crippen LogP contribution is -2.29. The van der Waals surface area contributed by atoms with Crippen LogP contribution in [0.4, 0.5) is 5.13 Å². The van der Waals surface area contributed by atoms with Crippen molar-refractivity contribution >= 4 is 33.3 Å². The maximum Gasteiger partial charge on any atom is 0.297 e.